The van der Waals surface area contributed by atoms with Crippen LogP contribution in [0.3, 0.4) is 0 Å². The van der Waals surface area contributed by atoms with E-state index in [0.29, 0.717) is 11.4 Å². The van der Waals surface area contributed by atoms with Gasteiger partial charge < -0.3 is 21.5 Å². The molecular weight excluding hydrogens is 261 g/mol. The van der Waals surface area contributed by atoms with Crippen LogP contribution in [0.2, 0.25) is 0 Å². The molecule has 0 unspecified atom stereocenters. The molecule has 0 saturated carbocycles. The topological polar surface area (TPSA) is 90.4 Å². The molecule has 104 valence electrons. The molecule has 0 aliphatic rings. The van der Waals surface area contributed by atoms with E-state index in [4.69, 9.17) is 16.2 Å². The number of anilines is 3. The van der Waals surface area contributed by atoms with Gasteiger partial charge in [-0.2, -0.15) is 0 Å². The summed E-state index contributed by atoms with van der Waals surface area (Å²) >= 11 is 0. The van der Waals surface area contributed by atoms with Crippen LogP contribution in [0, 0.1) is 5.82 Å². The highest BCUT2D eigenvalue weighted by Gasteiger charge is 2.13. The second-order valence-electron chi connectivity index (χ2n) is 4.11. The minimum atomic E-state index is -0.717. The Bertz CT molecular complexity index is 659. The van der Waals surface area contributed by atoms with E-state index in [1.165, 1.54) is 13.2 Å². The number of hydrogen-bond donors (Lipinski definition) is 3. The predicted molar refractivity (Wildman–Crippen MR) is 75.6 cm³/mol. The van der Waals surface area contributed by atoms with Crippen LogP contribution in [0.15, 0.2) is 36.4 Å². The number of carbonyl (C=O) groups is 1. The van der Waals surface area contributed by atoms with Gasteiger partial charge in [0.25, 0.3) is 5.91 Å². The molecule has 2 aromatic carbocycles. The Balaban J connectivity index is 2.43. The maximum Gasteiger partial charge on any atom is 0.250 e. The summed E-state index contributed by atoms with van der Waals surface area (Å²) in [7, 11) is 1.51. The molecule has 0 saturated heterocycles. The molecule has 0 bridgehead atoms. The number of hydrogen-bond acceptors (Lipinski definition) is 4. The lowest BCUT2D eigenvalue weighted by Gasteiger charge is -2.13. The number of benzene rings is 2. The summed E-state index contributed by atoms with van der Waals surface area (Å²) in [5.41, 5.74) is 11.5. The van der Waals surface area contributed by atoms with Crippen molar-refractivity contribution < 1.29 is 13.9 Å². The quantitative estimate of drug-likeness (QED) is 0.746. The molecule has 20 heavy (non-hydrogen) atoms. The van der Waals surface area contributed by atoms with E-state index in [0.717, 1.165) is 6.07 Å². The number of primary amides is 1. The highest BCUT2D eigenvalue weighted by atomic mass is 19.1. The van der Waals surface area contributed by atoms with Crippen molar-refractivity contribution in [2.75, 3.05) is 18.2 Å². The molecular formula is C14H14FN3O2. The minimum absolute atomic E-state index is 0.000534. The Labute approximate surface area is 115 Å². The average Bonchev–Trinajstić information content (AvgIpc) is 2.42. The second kappa shape index (κ2) is 5.48. The number of carbonyl (C=O) groups excluding carboxylic acids is 1. The van der Waals surface area contributed by atoms with Crippen LogP contribution < -0.4 is 21.5 Å². The zero-order valence-corrected chi connectivity index (χ0v) is 10.8. The molecule has 0 aliphatic carbocycles. The van der Waals surface area contributed by atoms with Gasteiger partial charge in [0.05, 0.1) is 24.0 Å². The minimum Gasteiger partial charge on any atom is -0.495 e. The first-order valence-electron chi connectivity index (χ1n) is 5.81. The highest BCUT2D eigenvalue weighted by molar-refractivity contribution is 5.99. The third kappa shape index (κ3) is 2.64. The fourth-order valence-corrected chi connectivity index (χ4v) is 1.79. The van der Waals surface area contributed by atoms with E-state index in [-0.39, 0.29) is 16.9 Å². The zero-order chi connectivity index (χ0) is 14.7. The normalized spacial score (nSPS) is 10.1. The van der Waals surface area contributed by atoms with Crippen LogP contribution in [0.5, 0.6) is 5.75 Å². The van der Waals surface area contributed by atoms with Gasteiger partial charge in [0.1, 0.15) is 11.6 Å². The van der Waals surface area contributed by atoms with Gasteiger partial charge in [-0.25, -0.2) is 4.39 Å². The fourth-order valence-electron chi connectivity index (χ4n) is 1.79. The van der Waals surface area contributed by atoms with Gasteiger partial charge in [-0.3, -0.25) is 4.79 Å². The van der Waals surface area contributed by atoms with E-state index in [2.05, 4.69) is 5.32 Å². The Kier molecular flexibility index (Phi) is 3.74. The summed E-state index contributed by atoms with van der Waals surface area (Å²) in [5, 5.41) is 2.85. The smallest absolute Gasteiger partial charge is 0.250 e. The maximum atomic E-state index is 13.9. The number of amides is 1. The molecule has 2 aromatic rings. The summed E-state index contributed by atoms with van der Waals surface area (Å²) in [6, 6.07) is 9.34. The standard InChI is InChI=1S/C14H14FN3O2/c1-20-13-5-3-2-4-11(13)18-12-6-8(14(17)19)10(16)7-9(12)15/h2-7,18H,16H2,1H3,(H2,17,19). The average molecular weight is 275 g/mol. The van der Waals surface area contributed by atoms with Gasteiger partial charge in [-0.15, -0.1) is 0 Å². The largest absolute Gasteiger partial charge is 0.495 e. The van der Waals surface area contributed by atoms with E-state index in [9.17, 15) is 9.18 Å². The van der Waals surface area contributed by atoms with Gasteiger partial charge in [-0.05, 0) is 24.3 Å². The Morgan fingerprint density at radius 1 is 1.25 bits per heavy atom. The SMILES string of the molecule is COc1ccccc1Nc1cc(C(N)=O)c(N)cc1F. The molecule has 0 atom stereocenters. The van der Waals surface area contributed by atoms with Gasteiger partial charge in [-0.1, -0.05) is 12.1 Å². The van der Waals surface area contributed by atoms with Crippen LogP contribution in [0.25, 0.3) is 0 Å². The fraction of sp³-hybridized carbons (Fsp3) is 0.0714. The van der Waals surface area contributed by atoms with Crippen molar-refractivity contribution >= 4 is 23.0 Å². The number of methoxy groups -OCH3 is 1. The van der Waals surface area contributed by atoms with E-state index in [1.54, 1.807) is 24.3 Å². The summed E-state index contributed by atoms with van der Waals surface area (Å²) in [5.74, 6) is -0.756. The second-order valence-corrected chi connectivity index (χ2v) is 4.11. The van der Waals surface area contributed by atoms with Gasteiger partial charge in [0, 0.05) is 5.69 Å². The number of halogens is 1. The van der Waals surface area contributed by atoms with Crippen molar-refractivity contribution in [1.82, 2.24) is 0 Å². The first-order valence-corrected chi connectivity index (χ1v) is 5.81. The highest BCUT2D eigenvalue weighted by Crippen LogP contribution is 2.30. The third-order valence-corrected chi connectivity index (χ3v) is 2.78. The van der Waals surface area contributed by atoms with Crippen LogP contribution in [0.4, 0.5) is 21.5 Å². The first kappa shape index (κ1) is 13.7. The van der Waals surface area contributed by atoms with Crippen LogP contribution in [0.1, 0.15) is 10.4 Å². The molecule has 2 rings (SSSR count). The Morgan fingerprint density at radius 2 is 1.95 bits per heavy atom. The Morgan fingerprint density at radius 3 is 2.60 bits per heavy atom. The van der Waals surface area contributed by atoms with Crippen LogP contribution >= 0.6 is 0 Å². The van der Waals surface area contributed by atoms with Crippen molar-refractivity contribution in [3.8, 4) is 5.75 Å². The summed E-state index contributed by atoms with van der Waals surface area (Å²) in [6.07, 6.45) is 0. The van der Waals surface area contributed by atoms with Crippen LogP contribution in [-0.2, 0) is 0 Å². The van der Waals surface area contributed by atoms with Gasteiger partial charge >= 0.3 is 0 Å². The molecule has 0 aromatic heterocycles. The van der Waals surface area contributed by atoms with Crippen LogP contribution in [-0.4, -0.2) is 13.0 Å². The van der Waals surface area contributed by atoms with Crippen molar-refractivity contribution in [2.45, 2.75) is 0 Å². The molecule has 0 heterocycles. The molecule has 0 fully saturated rings. The van der Waals surface area contributed by atoms with E-state index < -0.39 is 11.7 Å². The lowest BCUT2D eigenvalue weighted by Crippen LogP contribution is -2.14. The number of rotatable bonds is 4. The van der Waals surface area contributed by atoms with E-state index in [1.807, 2.05) is 0 Å². The van der Waals surface area contributed by atoms with Crippen molar-refractivity contribution in [1.29, 1.82) is 0 Å². The molecule has 5 N–H and O–H groups in total. The Hall–Kier alpha value is -2.76. The number of nitrogens with two attached hydrogens (primary N) is 2. The van der Waals surface area contributed by atoms with E-state index >= 15 is 0 Å². The monoisotopic (exact) mass is 275 g/mol. The summed E-state index contributed by atoms with van der Waals surface area (Å²) in [4.78, 5) is 11.2. The molecule has 5 nitrogen and oxygen atoms in total. The van der Waals surface area contributed by atoms with Crippen molar-refractivity contribution in [3.05, 3.63) is 47.8 Å². The number of nitrogens with one attached hydrogen (secondary N) is 1. The third-order valence-electron chi connectivity index (χ3n) is 2.78. The van der Waals surface area contributed by atoms with Crippen molar-refractivity contribution in [2.24, 2.45) is 5.73 Å². The lowest BCUT2D eigenvalue weighted by atomic mass is 10.1. The first-order chi connectivity index (χ1) is 9.52. The molecule has 1 amide bonds. The van der Waals surface area contributed by atoms with Gasteiger partial charge in [0.15, 0.2) is 0 Å². The summed E-state index contributed by atoms with van der Waals surface area (Å²) in [6.45, 7) is 0. The van der Waals surface area contributed by atoms with Crippen molar-refractivity contribution in [3.63, 3.8) is 0 Å². The number of para-hydroxylation sites is 2. The molecule has 0 aliphatic heterocycles. The lowest BCUT2D eigenvalue weighted by molar-refractivity contribution is 0.100. The molecule has 0 radical (unpaired) electrons. The molecule has 6 heteroatoms. The number of ether oxygens (including phenoxy) is 1. The zero-order valence-electron chi connectivity index (χ0n) is 10.8. The predicted octanol–water partition coefficient (Wildman–Crippen LogP) is 2.26. The van der Waals surface area contributed by atoms with Gasteiger partial charge in [0.2, 0.25) is 0 Å². The maximum absolute atomic E-state index is 13.9. The number of nitrogen functional groups attached to an aromatic ring is 1. The molecule has 0 spiro atoms. The summed E-state index contributed by atoms with van der Waals surface area (Å²) < 4.78 is 19.0.